The van der Waals surface area contributed by atoms with E-state index >= 15 is 0 Å². The van der Waals surface area contributed by atoms with Crippen LogP contribution in [0.25, 0.3) is 6.08 Å². The monoisotopic (exact) mass is 375 g/mol. The summed E-state index contributed by atoms with van der Waals surface area (Å²) in [5, 5.41) is 9.59. The highest BCUT2D eigenvalue weighted by atomic mass is 35.5. The van der Waals surface area contributed by atoms with Gasteiger partial charge in [0.15, 0.2) is 0 Å². The standard InChI is InChI=1S/C14H11Cl2NO5S/c1-6(13(20)22-2)17-12(19)10(23-14(17)21)4-7-3-8(15)5-9(16)11(7)18/h3-6,18H,1-2H3/b10-4+/t6-/m1/s1. The number of imide groups is 1. The first-order valence-corrected chi connectivity index (χ1v) is 7.86. The van der Waals surface area contributed by atoms with E-state index in [0.29, 0.717) is 11.8 Å². The van der Waals surface area contributed by atoms with E-state index in [4.69, 9.17) is 23.2 Å². The van der Waals surface area contributed by atoms with Crippen LogP contribution in [0.15, 0.2) is 17.0 Å². The maximum Gasteiger partial charge on any atom is 0.328 e. The number of benzene rings is 1. The summed E-state index contributed by atoms with van der Waals surface area (Å²) in [4.78, 5) is 36.7. The molecule has 0 spiro atoms. The van der Waals surface area contributed by atoms with E-state index in [-0.39, 0.29) is 26.3 Å². The second-order valence-corrected chi connectivity index (χ2v) is 6.41. The summed E-state index contributed by atoms with van der Waals surface area (Å²) in [5.41, 5.74) is 0.193. The molecule has 2 amide bonds. The summed E-state index contributed by atoms with van der Waals surface area (Å²) in [6.45, 7) is 1.39. The van der Waals surface area contributed by atoms with Crippen LogP contribution in [-0.4, -0.2) is 40.3 Å². The van der Waals surface area contributed by atoms with Gasteiger partial charge in [-0.05, 0) is 36.9 Å². The number of carbonyl (C=O) groups excluding carboxylic acids is 3. The zero-order valence-corrected chi connectivity index (χ0v) is 14.3. The molecule has 1 saturated heterocycles. The first-order valence-electron chi connectivity index (χ1n) is 6.29. The van der Waals surface area contributed by atoms with Crippen LogP contribution in [0.4, 0.5) is 4.79 Å². The fourth-order valence-corrected chi connectivity index (χ4v) is 3.34. The Morgan fingerprint density at radius 2 is 2.04 bits per heavy atom. The van der Waals surface area contributed by atoms with E-state index < -0.39 is 23.2 Å². The lowest BCUT2D eigenvalue weighted by Crippen LogP contribution is -2.42. The predicted molar refractivity (Wildman–Crippen MR) is 87.4 cm³/mol. The number of carbonyl (C=O) groups is 3. The lowest BCUT2D eigenvalue weighted by Gasteiger charge is -2.18. The second kappa shape index (κ2) is 6.82. The van der Waals surface area contributed by atoms with Gasteiger partial charge < -0.3 is 9.84 Å². The third-order valence-corrected chi connectivity index (χ3v) is 4.49. The molecule has 0 aromatic heterocycles. The molecule has 1 heterocycles. The van der Waals surface area contributed by atoms with Gasteiger partial charge in [0.25, 0.3) is 11.1 Å². The number of halogens is 2. The van der Waals surface area contributed by atoms with Crippen LogP contribution in [0.2, 0.25) is 10.0 Å². The van der Waals surface area contributed by atoms with E-state index in [1.807, 2.05) is 0 Å². The van der Waals surface area contributed by atoms with Crippen molar-refractivity contribution in [2.75, 3.05) is 7.11 Å². The average molecular weight is 376 g/mol. The minimum atomic E-state index is -1.05. The molecule has 2 rings (SSSR count). The maximum absolute atomic E-state index is 12.3. The molecule has 0 radical (unpaired) electrons. The number of esters is 1. The number of hydrogen-bond donors (Lipinski definition) is 1. The van der Waals surface area contributed by atoms with Crippen LogP contribution in [-0.2, 0) is 14.3 Å². The van der Waals surface area contributed by atoms with Gasteiger partial charge in [0.2, 0.25) is 0 Å². The fraction of sp³-hybridized carbons (Fsp3) is 0.214. The molecular weight excluding hydrogens is 365 g/mol. The van der Waals surface area contributed by atoms with Crippen LogP contribution in [0, 0.1) is 0 Å². The number of amides is 2. The number of aromatic hydroxyl groups is 1. The van der Waals surface area contributed by atoms with Gasteiger partial charge in [-0.1, -0.05) is 23.2 Å². The minimum Gasteiger partial charge on any atom is -0.506 e. The Labute approximate surface area is 146 Å². The van der Waals surface area contributed by atoms with Crippen molar-refractivity contribution in [3.63, 3.8) is 0 Å². The van der Waals surface area contributed by atoms with Gasteiger partial charge in [-0.25, -0.2) is 4.79 Å². The number of nitrogens with zero attached hydrogens (tertiary/aromatic N) is 1. The van der Waals surface area contributed by atoms with Crippen LogP contribution in [0.1, 0.15) is 12.5 Å². The highest BCUT2D eigenvalue weighted by Gasteiger charge is 2.41. The second-order valence-electron chi connectivity index (χ2n) is 4.58. The summed E-state index contributed by atoms with van der Waals surface area (Å²) in [6.07, 6.45) is 1.29. The molecule has 1 fully saturated rings. The number of methoxy groups -OCH3 is 1. The third kappa shape index (κ3) is 3.46. The number of phenolic OH excluding ortho intramolecular Hbond substituents is 1. The Kier molecular flexibility index (Phi) is 5.23. The number of rotatable bonds is 3. The minimum absolute atomic E-state index is 0.0194. The van der Waals surface area contributed by atoms with Crippen molar-refractivity contribution in [1.82, 2.24) is 4.90 Å². The average Bonchev–Trinajstić information content (AvgIpc) is 2.77. The highest BCUT2D eigenvalue weighted by molar-refractivity contribution is 8.18. The van der Waals surface area contributed by atoms with Gasteiger partial charge in [0.1, 0.15) is 11.8 Å². The Morgan fingerprint density at radius 3 is 2.65 bits per heavy atom. The zero-order chi connectivity index (χ0) is 17.3. The molecule has 1 aromatic rings. The number of ether oxygens (including phenoxy) is 1. The molecule has 23 heavy (non-hydrogen) atoms. The number of hydrogen-bond acceptors (Lipinski definition) is 6. The normalized spacial score (nSPS) is 17.7. The van der Waals surface area contributed by atoms with Crippen molar-refractivity contribution in [3.05, 3.63) is 32.6 Å². The Hall–Kier alpha value is -1.70. The van der Waals surface area contributed by atoms with Crippen LogP contribution >= 0.6 is 35.0 Å². The van der Waals surface area contributed by atoms with Crippen molar-refractivity contribution in [1.29, 1.82) is 0 Å². The molecule has 1 aliphatic heterocycles. The van der Waals surface area contributed by atoms with Gasteiger partial charge in [0, 0.05) is 10.6 Å². The molecule has 9 heteroatoms. The SMILES string of the molecule is COC(=O)[C@@H](C)N1C(=O)S/C(=C/c2cc(Cl)cc(Cl)c2O)C1=O. The quantitative estimate of drug-likeness (QED) is 0.644. The maximum atomic E-state index is 12.3. The smallest absolute Gasteiger partial charge is 0.328 e. The topological polar surface area (TPSA) is 83.9 Å². The number of phenols is 1. The van der Waals surface area contributed by atoms with Crippen molar-refractivity contribution in [2.45, 2.75) is 13.0 Å². The van der Waals surface area contributed by atoms with Crippen molar-refractivity contribution >= 4 is 58.2 Å². The lowest BCUT2D eigenvalue weighted by atomic mass is 10.1. The molecular formula is C14H11Cl2NO5S. The van der Waals surface area contributed by atoms with E-state index in [2.05, 4.69) is 4.74 Å². The largest absolute Gasteiger partial charge is 0.506 e. The van der Waals surface area contributed by atoms with E-state index in [0.717, 1.165) is 4.90 Å². The Morgan fingerprint density at radius 1 is 1.39 bits per heavy atom. The molecule has 122 valence electrons. The van der Waals surface area contributed by atoms with Crippen molar-refractivity contribution in [2.24, 2.45) is 0 Å². The van der Waals surface area contributed by atoms with Gasteiger partial charge in [0.05, 0.1) is 17.0 Å². The van der Waals surface area contributed by atoms with Gasteiger partial charge in [-0.15, -0.1) is 0 Å². The Balaban J connectivity index is 2.38. The molecule has 1 aliphatic rings. The first kappa shape index (κ1) is 17.7. The Bertz CT molecular complexity index is 734. The highest BCUT2D eigenvalue weighted by Crippen LogP contribution is 2.38. The van der Waals surface area contributed by atoms with Crippen LogP contribution in [0.3, 0.4) is 0 Å². The lowest BCUT2D eigenvalue weighted by molar-refractivity contribution is -0.148. The van der Waals surface area contributed by atoms with Gasteiger partial charge in [-0.2, -0.15) is 0 Å². The summed E-state index contributed by atoms with van der Waals surface area (Å²) in [7, 11) is 1.17. The molecule has 6 nitrogen and oxygen atoms in total. The summed E-state index contributed by atoms with van der Waals surface area (Å²) in [6, 6.07) is 1.70. The van der Waals surface area contributed by atoms with Crippen molar-refractivity contribution < 1.29 is 24.2 Å². The van der Waals surface area contributed by atoms with Gasteiger partial charge in [-0.3, -0.25) is 14.5 Å². The molecule has 0 unspecified atom stereocenters. The van der Waals surface area contributed by atoms with Crippen LogP contribution < -0.4 is 0 Å². The number of thioether (sulfide) groups is 1. The molecule has 0 bridgehead atoms. The summed E-state index contributed by atoms with van der Waals surface area (Å²) < 4.78 is 4.54. The first-order chi connectivity index (χ1) is 10.8. The molecule has 1 N–H and O–H groups in total. The van der Waals surface area contributed by atoms with E-state index in [1.165, 1.54) is 32.2 Å². The van der Waals surface area contributed by atoms with Crippen molar-refractivity contribution in [3.8, 4) is 5.75 Å². The van der Waals surface area contributed by atoms with E-state index in [1.54, 1.807) is 0 Å². The zero-order valence-electron chi connectivity index (χ0n) is 12.0. The molecule has 0 aliphatic carbocycles. The predicted octanol–water partition coefficient (Wildman–Crippen LogP) is 3.30. The molecule has 1 aromatic carbocycles. The van der Waals surface area contributed by atoms with E-state index in [9.17, 15) is 19.5 Å². The summed E-state index contributed by atoms with van der Waals surface area (Å²) in [5.74, 6) is -1.63. The molecule has 1 atom stereocenters. The van der Waals surface area contributed by atoms with Crippen LogP contribution in [0.5, 0.6) is 5.75 Å². The fourth-order valence-electron chi connectivity index (χ4n) is 1.93. The summed E-state index contributed by atoms with van der Waals surface area (Å²) >= 11 is 12.3. The third-order valence-electron chi connectivity index (χ3n) is 3.10. The van der Waals surface area contributed by atoms with Gasteiger partial charge >= 0.3 is 5.97 Å². The molecule has 0 saturated carbocycles.